The van der Waals surface area contributed by atoms with Crippen molar-refractivity contribution in [1.29, 1.82) is 0 Å². The van der Waals surface area contributed by atoms with Crippen molar-refractivity contribution in [2.75, 3.05) is 20.2 Å². The van der Waals surface area contributed by atoms with Crippen LogP contribution < -0.4 is 5.73 Å². The number of nitrogens with two attached hydrogens (primary N) is 1. The number of benzene rings is 1. The van der Waals surface area contributed by atoms with Crippen molar-refractivity contribution in [2.45, 2.75) is 57.6 Å². The van der Waals surface area contributed by atoms with Crippen LogP contribution in [-0.4, -0.2) is 37.1 Å². The Morgan fingerprint density at radius 2 is 1.96 bits per heavy atom. The first-order chi connectivity index (χ1) is 10.9. The topological polar surface area (TPSA) is 55.6 Å². The van der Waals surface area contributed by atoms with Crippen LogP contribution in [0.2, 0.25) is 0 Å². The molecule has 0 bridgehead atoms. The molecular formula is C19H31ClN2O2. The fourth-order valence-electron chi connectivity index (χ4n) is 3.19. The number of rotatable bonds is 5. The standard InChI is InChI=1S/C19H30N2O2.ClH/c1-19(2,3)15-9-7-14(8-10-15)17-6-5-11-21(17)18(22)12-16(13-20)23-4;/h7-10,16-17H,5-6,11-13,20H2,1-4H3;1H. The van der Waals surface area contributed by atoms with Gasteiger partial charge >= 0.3 is 0 Å². The van der Waals surface area contributed by atoms with E-state index in [0.29, 0.717) is 13.0 Å². The third kappa shape index (κ3) is 4.95. The molecule has 1 aromatic carbocycles. The molecule has 0 saturated carbocycles. The van der Waals surface area contributed by atoms with E-state index in [9.17, 15) is 4.79 Å². The monoisotopic (exact) mass is 354 g/mol. The Morgan fingerprint density at radius 1 is 1.33 bits per heavy atom. The molecule has 0 aromatic heterocycles. The molecule has 1 amide bonds. The maximum Gasteiger partial charge on any atom is 0.225 e. The van der Waals surface area contributed by atoms with E-state index in [1.54, 1.807) is 7.11 Å². The SMILES string of the molecule is COC(CN)CC(=O)N1CCCC1c1ccc(C(C)(C)C)cc1.Cl. The van der Waals surface area contributed by atoms with Crippen LogP contribution in [0.15, 0.2) is 24.3 Å². The lowest BCUT2D eigenvalue weighted by atomic mass is 9.86. The van der Waals surface area contributed by atoms with Crippen molar-refractivity contribution in [2.24, 2.45) is 5.73 Å². The second-order valence-corrected chi connectivity index (χ2v) is 7.41. The average Bonchev–Trinajstić information content (AvgIpc) is 3.01. The largest absolute Gasteiger partial charge is 0.380 e. The van der Waals surface area contributed by atoms with Crippen LogP contribution in [-0.2, 0) is 14.9 Å². The van der Waals surface area contributed by atoms with Crippen molar-refractivity contribution in [3.8, 4) is 0 Å². The number of likely N-dealkylation sites (tertiary alicyclic amines) is 1. The lowest BCUT2D eigenvalue weighted by Crippen LogP contribution is -2.35. The van der Waals surface area contributed by atoms with Gasteiger partial charge in [-0.2, -0.15) is 0 Å². The summed E-state index contributed by atoms with van der Waals surface area (Å²) in [6.07, 6.45) is 2.26. The van der Waals surface area contributed by atoms with Crippen LogP contribution in [0.1, 0.15) is 57.2 Å². The maximum absolute atomic E-state index is 12.6. The summed E-state index contributed by atoms with van der Waals surface area (Å²) >= 11 is 0. The molecule has 1 fully saturated rings. The molecule has 1 aliphatic rings. The third-order valence-corrected chi connectivity index (χ3v) is 4.73. The van der Waals surface area contributed by atoms with Gasteiger partial charge < -0.3 is 15.4 Å². The number of ether oxygens (including phenoxy) is 1. The van der Waals surface area contributed by atoms with Crippen LogP contribution in [0.4, 0.5) is 0 Å². The Bertz CT molecular complexity index is 521. The molecule has 1 aliphatic heterocycles. The van der Waals surface area contributed by atoms with Gasteiger partial charge in [0.15, 0.2) is 0 Å². The first-order valence-electron chi connectivity index (χ1n) is 8.49. The number of amides is 1. The summed E-state index contributed by atoms with van der Waals surface area (Å²) in [5, 5.41) is 0. The summed E-state index contributed by atoms with van der Waals surface area (Å²) in [5.41, 5.74) is 8.33. The highest BCUT2D eigenvalue weighted by molar-refractivity contribution is 5.85. The zero-order chi connectivity index (χ0) is 17.0. The van der Waals surface area contributed by atoms with Crippen LogP contribution in [0.5, 0.6) is 0 Å². The fraction of sp³-hybridized carbons (Fsp3) is 0.632. The second kappa shape index (κ2) is 8.84. The summed E-state index contributed by atoms with van der Waals surface area (Å²) in [6, 6.07) is 8.91. The molecule has 136 valence electrons. The Kier molecular flexibility index (Phi) is 7.71. The molecule has 0 aliphatic carbocycles. The number of nitrogens with zero attached hydrogens (tertiary/aromatic N) is 1. The first kappa shape index (κ1) is 20.9. The zero-order valence-corrected chi connectivity index (χ0v) is 16.1. The Balaban J connectivity index is 0.00000288. The minimum Gasteiger partial charge on any atom is -0.380 e. The van der Waals surface area contributed by atoms with Crippen molar-refractivity contribution in [3.05, 3.63) is 35.4 Å². The van der Waals surface area contributed by atoms with Crippen molar-refractivity contribution in [3.63, 3.8) is 0 Å². The van der Waals surface area contributed by atoms with Gasteiger partial charge in [0.1, 0.15) is 0 Å². The molecule has 5 heteroatoms. The summed E-state index contributed by atoms with van der Waals surface area (Å²) in [5.74, 6) is 0.143. The quantitative estimate of drug-likeness (QED) is 0.881. The van der Waals surface area contributed by atoms with E-state index in [2.05, 4.69) is 45.0 Å². The predicted molar refractivity (Wildman–Crippen MR) is 101 cm³/mol. The highest BCUT2D eigenvalue weighted by Gasteiger charge is 2.31. The molecule has 0 radical (unpaired) electrons. The van der Waals surface area contributed by atoms with Gasteiger partial charge in [-0.25, -0.2) is 0 Å². The van der Waals surface area contributed by atoms with Crippen LogP contribution >= 0.6 is 12.4 Å². The van der Waals surface area contributed by atoms with Crippen molar-refractivity contribution >= 4 is 18.3 Å². The van der Waals surface area contributed by atoms with Crippen LogP contribution in [0.25, 0.3) is 0 Å². The van der Waals surface area contributed by atoms with Gasteiger partial charge in [-0.05, 0) is 29.4 Å². The molecule has 4 nitrogen and oxygen atoms in total. The first-order valence-corrected chi connectivity index (χ1v) is 8.49. The summed E-state index contributed by atoms with van der Waals surface area (Å²) in [7, 11) is 1.61. The third-order valence-electron chi connectivity index (χ3n) is 4.73. The predicted octanol–water partition coefficient (Wildman–Crippen LogP) is 3.43. The van der Waals surface area contributed by atoms with Gasteiger partial charge in [0, 0.05) is 20.2 Å². The van der Waals surface area contributed by atoms with Gasteiger partial charge in [0.2, 0.25) is 5.91 Å². The van der Waals surface area contributed by atoms with Crippen molar-refractivity contribution in [1.82, 2.24) is 4.90 Å². The Morgan fingerprint density at radius 3 is 2.46 bits per heavy atom. The molecule has 2 unspecified atom stereocenters. The van der Waals surface area contributed by atoms with Gasteiger partial charge in [-0.3, -0.25) is 4.79 Å². The van der Waals surface area contributed by atoms with Gasteiger partial charge in [-0.1, -0.05) is 45.0 Å². The lowest BCUT2D eigenvalue weighted by Gasteiger charge is -2.27. The number of hydrogen-bond acceptors (Lipinski definition) is 3. The minimum absolute atomic E-state index is 0. The maximum atomic E-state index is 12.6. The van der Waals surface area contributed by atoms with E-state index in [1.807, 2.05) is 4.90 Å². The highest BCUT2D eigenvalue weighted by Crippen LogP contribution is 2.34. The van der Waals surface area contributed by atoms with Crippen LogP contribution in [0, 0.1) is 0 Å². The molecule has 2 N–H and O–H groups in total. The Labute approximate surface area is 152 Å². The molecule has 1 aromatic rings. The molecule has 1 saturated heterocycles. The number of hydrogen-bond donors (Lipinski definition) is 1. The van der Waals surface area contributed by atoms with Crippen molar-refractivity contribution < 1.29 is 9.53 Å². The molecule has 0 spiro atoms. The van der Waals surface area contributed by atoms with E-state index >= 15 is 0 Å². The average molecular weight is 355 g/mol. The van der Waals surface area contributed by atoms with E-state index in [0.717, 1.165) is 19.4 Å². The fourth-order valence-corrected chi connectivity index (χ4v) is 3.19. The summed E-state index contributed by atoms with van der Waals surface area (Å²) in [6.45, 7) is 7.84. The number of methoxy groups -OCH3 is 1. The second-order valence-electron chi connectivity index (χ2n) is 7.41. The zero-order valence-electron chi connectivity index (χ0n) is 15.2. The minimum atomic E-state index is -0.188. The number of halogens is 1. The number of carbonyl (C=O) groups excluding carboxylic acids is 1. The molecule has 24 heavy (non-hydrogen) atoms. The summed E-state index contributed by atoms with van der Waals surface area (Å²) < 4.78 is 5.25. The van der Waals surface area contributed by atoms with Gasteiger partial charge in [-0.15, -0.1) is 12.4 Å². The summed E-state index contributed by atoms with van der Waals surface area (Å²) in [4.78, 5) is 14.6. The molecular weight excluding hydrogens is 324 g/mol. The lowest BCUT2D eigenvalue weighted by molar-refractivity contribution is -0.134. The highest BCUT2D eigenvalue weighted by atomic mass is 35.5. The van der Waals surface area contributed by atoms with E-state index in [1.165, 1.54) is 11.1 Å². The van der Waals surface area contributed by atoms with E-state index in [-0.39, 0.29) is 35.9 Å². The van der Waals surface area contributed by atoms with Gasteiger partial charge in [0.25, 0.3) is 0 Å². The van der Waals surface area contributed by atoms with E-state index < -0.39 is 0 Å². The van der Waals surface area contributed by atoms with Gasteiger partial charge in [0.05, 0.1) is 18.6 Å². The molecule has 2 atom stereocenters. The van der Waals surface area contributed by atoms with Crippen LogP contribution in [0.3, 0.4) is 0 Å². The Hall–Kier alpha value is -1.10. The molecule has 2 rings (SSSR count). The molecule has 1 heterocycles. The normalized spacial score (nSPS) is 19.0. The smallest absolute Gasteiger partial charge is 0.225 e. The van der Waals surface area contributed by atoms with E-state index in [4.69, 9.17) is 10.5 Å². The number of carbonyl (C=O) groups is 1.